The van der Waals surface area contributed by atoms with E-state index < -0.39 is 0 Å². The van der Waals surface area contributed by atoms with Crippen molar-refractivity contribution in [3.8, 4) is 0 Å². The van der Waals surface area contributed by atoms with Gasteiger partial charge in [-0.3, -0.25) is 4.68 Å². The molecule has 0 aliphatic rings. The topological polar surface area (TPSA) is 55.6 Å². The first kappa shape index (κ1) is 13.5. The first-order valence-corrected chi connectivity index (χ1v) is 6.47. The van der Waals surface area contributed by atoms with Crippen LogP contribution in [0.25, 0.3) is 0 Å². The van der Waals surface area contributed by atoms with Gasteiger partial charge in [0.15, 0.2) is 0 Å². The summed E-state index contributed by atoms with van der Waals surface area (Å²) < 4.78 is 1.91. The van der Waals surface area contributed by atoms with Crippen molar-refractivity contribution in [1.29, 1.82) is 0 Å². The predicted octanol–water partition coefficient (Wildman–Crippen LogP) is 2.62. The zero-order chi connectivity index (χ0) is 14.2. The smallest absolute Gasteiger partial charge is 0.223 e. The van der Waals surface area contributed by atoms with E-state index in [0.29, 0.717) is 5.95 Å². The van der Waals surface area contributed by atoms with Crippen LogP contribution >= 0.6 is 0 Å². The predicted molar refractivity (Wildman–Crippen MR) is 76.2 cm³/mol. The van der Waals surface area contributed by atoms with E-state index in [4.69, 9.17) is 0 Å². The first-order valence-electron chi connectivity index (χ1n) is 6.47. The summed E-state index contributed by atoms with van der Waals surface area (Å²) >= 11 is 0. The Morgan fingerprint density at radius 2 is 1.68 bits per heavy atom. The SMILES string of the molecule is Cc1cc(C)nc(N[C@@H](C)c2c(C)nn(C)c2C)n1. The monoisotopic (exact) mass is 259 g/mol. The van der Waals surface area contributed by atoms with E-state index in [0.717, 1.165) is 17.1 Å². The number of hydrogen-bond acceptors (Lipinski definition) is 4. The fourth-order valence-electron chi connectivity index (χ4n) is 2.47. The minimum Gasteiger partial charge on any atom is -0.348 e. The van der Waals surface area contributed by atoms with Crippen molar-refractivity contribution < 1.29 is 0 Å². The van der Waals surface area contributed by atoms with Crippen molar-refractivity contribution in [3.05, 3.63) is 34.4 Å². The van der Waals surface area contributed by atoms with Gasteiger partial charge in [-0.1, -0.05) is 0 Å². The molecule has 0 unspecified atom stereocenters. The van der Waals surface area contributed by atoms with E-state index in [1.807, 2.05) is 38.6 Å². The summed E-state index contributed by atoms with van der Waals surface area (Å²) in [4.78, 5) is 8.83. The number of hydrogen-bond donors (Lipinski definition) is 1. The van der Waals surface area contributed by atoms with Crippen molar-refractivity contribution in [2.24, 2.45) is 7.05 Å². The lowest BCUT2D eigenvalue weighted by atomic mass is 10.1. The molecule has 2 rings (SSSR count). The number of aryl methyl sites for hydroxylation is 4. The maximum Gasteiger partial charge on any atom is 0.223 e. The van der Waals surface area contributed by atoms with Gasteiger partial charge in [-0.25, -0.2) is 9.97 Å². The third-order valence-electron chi connectivity index (χ3n) is 3.33. The Balaban J connectivity index is 2.27. The Labute approximate surface area is 114 Å². The molecule has 0 aliphatic heterocycles. The minimum absolute atomic E-state index is 0.134. The van der Waals surface area contributed by atoms with Crippen LogP contribution < -0.4 is 5.32 Å². The van der Waals surface area contributed by atoms with Crippen LogP contribution in [-0.2, 0) is 7.05 Å². The fourth-order valence-corrected chi connectivity index (χ4v) is 2.47. The molecule has 2 aromatic heterocycles. The lowest BCUT2D eigenvalue weighted by Gasteiger charge is -2.15. The standard InChI is InChI=1S/C14H21N5/c1-8-7-9(2)16-14(15-8)17-10(3)13-11(4)18-19(6)12(13)5/h7,10H,1-6H3,(H,15,16,17)/t10-/m0/s1. The van der Waals surface area contributed by atoms with E-state index in [-0.39, 0.29) is 6.04 Å². The summed E-state index contributed by atoms with van der Waals surface area (Å²) in [5, 5.41) is 7.80. The molecule has 0 saturated heterocycles. The van der Waals surface area contributed by atoms with Gasteiger partial charge in [-0.15, -0.1) is 0 Å². The average molecular weight is 259 g/mol. The molecule has 0 amide bonds. The molecular formula is C14H21N5. The summed E-state index contributed by atoms with van der Waals surface area (Å²) in [5.41, 5.74) is 5.38. The highest BCUT2D eigenvalue weighted by Gasteiger charge is 2.17. The molecule has 102 valence electrons. The van der Waals surface area contributed by atoms with Gasteiger partial charge in [0.1, 0.15) is 0 Å². The number of nitrogens with zero attached hydrogens (tertiary/aromatic N) is 4. The molecule has 0 aromatic carbocycles. The second kappa shape index (κ2) is 4.99. The van der Waals surface area contributed by atoms with Gasteiger partial charge in [0.05, 0.1) is 11.7 Å². The van der Waals surface area contributed by atoms with Crippen LogP contribution in [0, 0.1) is 27.7 Å². The van der Waals surface area contributed by atoms with Crippen molar-refractivity contribution >= 4 is 5.95 Å². The molecule has 0 fully saturated rings. The van der Waals surface area contributed by atoms with Crippen molar-refractivity contribution in [1.82, 2.24) is 19.7 Å². The minimum atomic E-state index is 0.134. The lowest BCUT2D eigenvalue weighted by molar-refractivity contribution is 0.728. The molecule has 0 spiro atoms. The Kier molecular flexibility index (Phi) is 3.55. The molecule has 0 radical (unpaired) electrons. The van der Waals surface area contributed by atoms with Gasteiger partial charge in [-0.2, -0.15) is 5.10 Å². The number of rotatable bonds is 3. The zero-order valence-corrected chi connectivity index (χ0v) is 12.4. The van der Waals surface area contributed by atoms with E-state index in [1.54, 1.807) is 0 Å². The Hall–Kier alpha value is -1.91. The van der Waals surface area contributed by atoms with E-state index in [2.05, 4.69) is 34.2 Å². The summed E-state index contributed by atoms with van der Waals surface area (Å²) in [6, 6.07) is 2.10. The molecule has 5 heteroatoms. The first-order chi connectivity index (χ1) is 8.88. The molecule has 19 heavy (non-hydrogen) atoms. The van der Waals surface area contributed by atoms with Crippen LogP contribution in [-0.4, -0.2) is 19.7 Å². The second-order valence-electron chi connectivity index (χ2n) is 5.05. The van der Waals surface area contributed by atoms with Gasteiger partial charge < -0.3 is 5.32 Å². The van der Waals surface area contributed by atoms with Gasteiger partial charge in [0, 0.05) is 29.7 Å². The van der Waals surface area contributed by atoms with Crippen molar-refractivity contribution in [2.75, 3.05) is 5.32 Å². The molecule has 5 nitrogen and oxygen atoms in total. The van der Waals surface area contributed by atoms with Crippen LogP contribution in [0.1, 0.15) is 41.3 Å². The van der Waals surface area contributed by atoms with Crippen LogP contribution in [0.15, 0.2) is 6.07 Å². The third-order valence-corrected chi connectivity index (χ3v) is 3.33. The van der Waals surface area contributed by atoms with Crippen molar-refractivity contribution in [3.63, 3.8) is 0 Å². The molecule has 1 atom stereocenters. The highest BCUT2D eigenvalue weighted by molar-refractivity contribution is 5.36. The Morgan fingerprint density at radius 3 is 2.16 bits per heavy atom. The quantitative estimate of drug-likeness (QED) is 0.920. The third kappa shape index (κ3) is 2.75. The molecule has 0 saturated carbocycles. The Morgan fingerprint density at radius 1 is 1.11 bits per heavy atom. The van der Waals surface area contributed by atoms with E-state index >= 15 is 0 Å². The largest absolute Gasteiger partial charge is 0.348 e. The van der Waals surface area contributed by atoms with E-state index in [9.17, 15) is 0 Å². The molecule has 0 bridgehead atoms. The molecule has 2 heterocycles. The van der Waals surface area contributed by atoms with Crippen LogP contribution in [0.4, 0.5) is 5.95 Å². The average Bonchev–Trinajstić information content (AvgIpc) is 2.51. The molecular weight excluding hydrogens is 238 g/mol. The lowest BCUT2D eigenvalue weighted by Crippen LogP contribution is -2.12. The highest BCUT2D eigenvalue weighted by Crippen LogP contribution is 2.23. The zero-order valence-electron chi connectivity index (χ0n) is 12.4. The van der Waals surface area contributed by atoms with Gasteiger partial charge in [0.2, 0.25) is 5.95 Å². The molecule has 1 N–H and O–H groups in total. The molecule has 0 aliphatic carbocycles. The van der Waals surface area contributed by atoms with Gasteiger partial charge in [0.25, 0.3) is 0 Å². The maximum atomic E-state index is 4.44. The van der Waals surface area contributed by atoms with E-state index in [1.165, 1.54) is 11.3 Å². The number of anilines is 1. The summed E-state index contributed by atoms with van der Waals surface area (Å²) in [6.45, 7) is 10.2. The van der Waals surface area contributed by atoms with Crippen LogP contribution in [0.3, 0.4) is 0 Å². The summed E-state index contributed by atoms with van der Waals surface area (Å²) in [7, 11) is 1.96. The highest BCUT2D eigenvalue weighted by atomic mass is 15.3. The van der Waals surface area contributed by atoms with Crippen LogP contribution in [0.2, 0.25) is 0 Å². The van der Waals surface area contributed by atoms with Gasteiger partial charge >= 0.3 is 0 Å². The summed E-state index contributed by atoms with van der Waals surface area (Å²) in [5.74, 6) is 0.674. The second-order valence-corrected chi connectivity index (χ2v) is 5.05. The van der Waals surface area contributed by atoms with Gasteiger partial charge in [-0.05, 0) is 40.7 Å². The summed E-state index contributed by atoms with van der Waals surface area (Å²) in [6.07, 6.45) is 0. The molecule has 2 aromatic rings. The fraction of sp³-hybridized carbons (Fsp3) is 0.500. The van der Waals surface area contributed by atoms with Crippen LogP contribution in [0.5, 0.6) is 0 Å². The van der Waals surface area contributed by atoms with Crippen molar-refractivity contribution in [2.45, 2.75) is 40.7 Å². The normalized spacial score (nSPS) is 12.5. The number of aromatic nitrogens is 4. The maximum absolute atomic E-state index is 4.44. The number of nitrogens with one attached hydrogen (secondary N) is 1. The Bertz CT molecular complexity index is 580.